The Morgan fingerprint density at radius 2 is 2.20 bits per heavy atom. The number of ketones is 1. The topological polar surface area (TPSA) is 43.4 Å². The van der Waals surface area contributed by atoms with E-state index in [1.165, 1.54) is 19.1 Å². The summed E-state index contributed by atoms with van der Waals surface area (Å²) in [4.78, 5) is 21.9. The van der Waals surface area contributed by atoms with Crippen LogP contribution < -0.4 is 4.74 Å². The first-order valence-electron chi connectivity index (χ1n) is 4.52. The van der Waals surface area contributed by atoms with Crippen LogP contribution in [0, 0.1) is 0 Å². The largest absolute Gasteiger partial charge is 0.493 e. The van der Waals surface area contributed by atoms with E-state index < -0.39 is 0 Å². The zero-order valence-electron chi connectivity index (χ0n) is 8.54. The van der Waals surface area contributed by atoms with Gasteiger partial charge in [-0.25, -0.2) is 0 Å². The van der Waals surface area contributed by atoms with Crippen LogP contribution in [0.25, 0.3) is 0 Å². The van der Waals surface area contributed by atoms with Gasteiger partial charge in [0.15, 0.2) is 12.1 Å². The highest BCUT2D eigenvalue weighted by Crippen LogP contribution is 2.26. The summed E-state index contributed by atoms with van der Waals surface area (Å²) in [5, 5.41) is 0.263. The fourth-order valence-corrected chi connectivity index (χ4v) is 1.42. The molecule has 0 spiro atoms. The Kier molecular flexibility index (Phi) is 3.86. The Hall–Kier alpha value is -1.35. The van der Waals surface area contributed by atoms with Gasteiger partial charge in [-0.05, 0) is 26.0 Å². The second-order valence-corrected chi connectivity index (χ2v) is 3.38. The molecule has 0 heterocycles. The summed E-state index contributed by atoms with van der Waals surface area (Å²) < 4.78 is 5.26. The lowest BCUT2D eigenvalue weighted by Crippen LogP contribution is -2.02. The van der Waals surface area contributed by atoms with Crippen molar-refractivity contribution in [1.82, 2.24) is 0 Å². The molecule has 80 valence electrons. The van der Waals surface area contributed by atoms with E-state index in [1.807, 2.05) is 0 Å². The van der Waals surface area contributed by atoms with Crippen molar-refractivity contribution in [3.8, 4) is 5.75 Å². The molecule has 1 aromatic carbocycles. The normalized spacial score (nSPS) is 9.80. The van der Waals surface area contributed by atoms with E-state index in [4.69, 9.17) is 16.3 Å². The van der Waals surface area contributed by atoms with Crippen LogP contribution in [0.5, 0.6) is 5.75 Å². The van der Waals surface area contributed by atoms with E-state index in [2.05, 4.69) is 0 Å². The minimum absolute atomic E-state index is 0.141. The first-order valence-corrected chi connectivity index (χ1v) is 4.90. The molecular formula is C11H11ClO3. The average Bonchev–Trinajstić information content (AvgIpc) is 2.20. The molecule has 0 saturated carbocycles. The Labute approximate surface area is 93.0 Å². The third-order valence-corrected chi connectivity index (χ3v) is 2.23. The van der Waals surface area contributed by atoms with E-state index in [9.17, 15) is 9.59 Å². The first kappa shape index (κ1) is 11.7. The van der Waals surface area contributed by atoms with Gasteiger partial charge in [0.1, 0.15) is 5.75 Å². The molecule has 0 saturated heterocycles. The maximum atomic E-state index is 11.3. The molecule has 15 heavy (non-hydrogen) atoms. The first-order chi connectivity index (χ1) is 7.10. The lowest BCUT2D eigenvalue weighted by Gasteiger charge is -2.09. The van der Waals surface area contributed by atoms with Crippen molar-refractivity contribution in [3.05, 3.63) is 28.3 Å². The summed E-state index contributed by atoms with van der Waals surface area (Å²) in [6, 6.07) is 2.94. The van der Waals surface area contributed by atoms with Crippen LogP contribution in [-0.2, 0) is 0 Å². The van der Waals surface area contributed by atoms with Crippen molar-refractivity contribution < 1.29 is 14.3 Å². The monoisotopic (exact) mass is 226 g/mol. The van der Waals surface area contributed by atoms with Gasteiger partial charge in [-0.2, -0.15) is 0 Å². The summed E-state index contributed by atoms with van der Waals surface area (Å²) in [5.74, 6) is 0.259. The smallest absolute Gasteiger partial charge is 0.163 e. The zero-order valence-corrected chi connectivity index (χ0v) is 9.30. The SMILES string of the molecule is CCOc1cc(C=O)c(Cl)cc1C(C)=O. The molecule has 0 N–H and O–H groups in total. The Balaban J connectivity index is 3.31. The molecule has 0 unspecified atom stereocenters. The molecule has 1 rings (SSSR count). The standard InChI is InChI=1S/C11H11ClO3/c1-3-15-11-4-8(6-13)10(12)5-9(11)7(2)14/h4-6H,3H2,1-2H3. The third kappa shape index (κ3) is 2.57. The van der Waals surface area contributed by atoms with Gasteiger partial charge in [-0.3, -0.25) is 9.59 Å². The summed E-state index contributed by atoms with van der Waals surface area (Å²) >= 11 is 5.81. The second kappa shape index (κ2) is 4.94. The molecule has 0 aliphatic carbocycles. The molecule has 0 fully saturated rings. The maximum absolute atomic E-state index is 11.3. The number of carbonyl (C=O) groups is 2. The van der Waals surface area contributed by atoms with Gasteiger partial charge in [0.05, 0.1) is 17.2 Å². The van der Waals surface area contributed by atoms with E-state index >= 15 is 0 Å². The number of benzene rings is 1. The number of ether oxygens (including phenoxy) is 1. The highest BCUT2D eigenvalue weighted by atomic mass is 35.5. The fourth-order valence-electron chi connectivity index (χ4n) is 1.21. The molecule has 0 aliphatic heterocycles. The molecular weight excluding hydrogens is 216 g/mol. The Morgan fingerprint density at radius 1 is 1.53 bits per heavy atom. The lowest BCUT2D eigenvalue weighted by molar-refractivity contribution is 0.101. The second-order valence-electron chi connectivity index (χ2n) is 2.98. The lowest BCUT2D eigenvalue weighted by atomic mass is 10.1. The van der Waals surface area contributed by atoms with Crippen LogP contribution in [0.15, 0.2) is 12.1 Å². The summed E-state index contributed by atoms with van der Waals surface area (Å²) in [6.07, 6.45) is 0.634. The van der Waals surface area contributed by atoms with Gasteiger partial charge in [0.2, 0.25) is 0 Å². The van der Waals surface area contributed by atoms with Crippen LogP contribution in [0.2, 0.25) is 5.02 Å². The molecule has 0 radical (unpaired) electrons. The van der Waals surface area contributed by atoms with Crippen molar-refractivity contribution in [1.29, 1.82) is 0 Å². The summed E-state index contributed by atoms with van der Waals surface area (Å²) in [6.45, 7) is 3.66. The van der Waals surface area contributed by atoms with Crippen LogP contribution in [-0.4, -0.2) is 18.7 Å². The number of rotatable bonds is 4. The molecule has 3 nitrogen and oxygen atoms in total. The minimum Gasteiger partial charge on any atom is -0.493 e. The van der Waals surface area contributed by atoms with Crippen molar-refractivity contribution in [2.75, 3.05) is 6.61 Å². The molecule has 0 atom stereocenters. The average molecular weight is 227 g/mol. The van der Waals surface area contributed by atoms with Crippen LogP contribution in [0.4, 0.5) is 0 Å². The molecule has 0 aromatic heterocycles. The molecule has 0 amide bonds. The minimum atomic E-state index is -0.141. The maximum Gasteiger partial charge on any atom is 0.163 e. The Bertz CT molecular complexity index is 399. The molecule has 0 aliphatic rings. The van der Waals surface area contributed by atoms with E-state index in [1.54, 1.807) is 6.92 Å². The van der Waals surface area contributed by atoms with Gasteiger partial charge in [0.25, 0.3) is 0 Å². The van der Waals surface area contributed by atoms with Crippen molar-refractivity contribution in [2.24, 2.45) is 0 Å². The van der Waals surface area contributed by atoms with Crippen LogP contribution in [0.3, 0.4) is 0 Å². The number of halogens is 1. The molecule has 1 aromatic rings. The summed E-state index contributed by atoms with van der Waals surface area (Å²) in [5.41, 5.74) is 0.720. The number of hydrogen-bond acceptors (Lipinski definition) is 3. The van der Waals surface area contributed by atoms with Crippen molar-refractivity contribution in [2.45, 2.75) is 13.8 Å². The van der Waals surface area contributed by atoms with E-state index in [0.29, 0.717) is 29.8 Å². The predicted octanol–water partition coefficient (Wildman–Crippen LogP) is 2.75. The van der Waals surface area contributed by atoms with Crippen LogP contribution >= 0.6 is 11.6 Å². The van der Waals surface area contributed by atoms with E-state index in [-0.39, 0.29) is 10.8 Å². The third-order valence-electron chi connectivity index (χ3n) is 1.90. The summed E-state index contributed by atoms with van der Waals surface area (Å²) in [7, 11) is 0. The predicted molar refractivity (Wildman–Crippen MR) is 58.0 cm³/mol. The number of Topliss-reactive ketones (excluding diaryl/α,β-unsaturated/α-hetero) is 1. The fraction of sp³-hybridized carbons (Fsp3) is 0.273. The Morgan fingerprint density at radius 3 is 2.67 bits per heavy atom. The van der Waals surface area contributed by atoms with Crippen molar-refractivity contribution >= 4 is 23.7 Å². The molecule has 4 heteroatoms. The highest BCUT2D eigenvalue weighted by Gasteiger charge is 2.12. The van der Waals surface area contributed by atoms with Gasteiger partial charge in [-0.1, -0.05) is 11.6 Å². The van der Waals surface area contributed by atoms with Gasteiger partial charge in [0, 0.05) is 5.56 Å². The van der Waals surface area contributed by atoms with Gasteiger partial charge in [-0.15, -0.1) is 0 Å². The number of hydrogen-bond donors (Lipinski definition) is 0. The van der Waals surface area contributed by atoms with Crippen LogP contribution in [0.1, 0.15) is 34.6 Å². The molecule has 0 bridgehead atoms. The highest BCUT2D eigenvalue weighted by molar-refractivity contribution is 6.33. The van der Waals surface area contributed by atoms with Crippen molar-refractivity contribution in [3.63, 3.8) is 0 Å². The van der Waals surface area contributed by atoms with Gasteiger partial charge < -0.3 is 4.74 Å². The number of aldehydes is 1. The zero-order chi connectivity index (χ0) is 11.4. The quantitative estimate of drug-likeness (QED) is 0.586. The van der Waals surface area contributed by atoms with Gasteiger partial charge >= 0.3 is 0 Å². The number of carbonyl (C=O) groups excluding carboxylic acids is 2. The van der Waals surface area contributed by atoms with E-state index in [0.717, 1.165) is 0 Å².